The van der Waals surface area contributed by atoms with Gasteiger partial charge in [-0.05, 0) is 17.9 Å². The molecule has 0 unspecified atom stereocenters. The van der Waals surface area contributed by atoms with E-state index in [1.54, 1.807) is 0 Å². The van der Waals surface area contributed by atoms with Crippen LogP contribution in [0.5, 0.6) is 0 Å². The molecule has 0 aliphatic heterocycles. The molecular weight excluding hydrogens is 338 g/mol. The van der Waals surface area contributed by atoms with Crippen molar-refractivity contribution in [3.8, 4) is 0 Å². The zero-order chi connectivity index (χ0) is 17.6. The second-order valence-corrected chi connectivity index (χ2v) is 7.54. The number of H-pyrrole nitrogens is 1. The lowest BCUT2D eigenvalue weighted by Gasteiger charge is -2.03. The van der Waals surface area contributed by atoms with Gasteiger partial charge >= 0.3 is 0 Å². The molecule has 146 valence electrons. The molecule has 0 radical (unpaired) electrons. The number of rotatable bonds is 14. The van der Waals surface area contributed by atoms with Gasteiger partial charge in [-0.2, -0.15) is 0 Å². The normalized spacial score (nSPS) is 10.8. The Balaban J connectivity index is 0.00000338. The van der Waals surface area contributed by atoms with E-state index < -0.39 is 0 Å². The second kappa shape index (κ2) is 15.0. The smallest absolute Gasteiger partial charge is 0.187 e. The number of benzene rings is 1. The number of hydrogen-bond acceptors (Lipinski definition) is 0. The van der Waals surface area contributed by atoms with Crippen LogP contribution in [0.3, 0.4) is 0 Å². The number of pyridine rings is 1. The van der Waals surface area contributed by atoms with Gasteiger partial charge in [0, 0.05) is 17.9 Å². The van der Waals surface area contributed by atoms with E-state index in [4.69, 9.17) is 0 Å². The Morgan fingerprint density at radius 3 is 1.81 bits per heavy atom. The molecule has 1 aromatic carbocycles. The topological polar surface area (TPSA) is 14.1 Å². The first-order chi connectivity index (χ1) is 12.4. The average Bonchev–Trinajstić information content (AvgIpc) is 2.65. The lowest BCUT2D eigenvalue weighted by Crippen LogP contribution is -3.00. The van der Waals surface area contributed by atoms with Crippen LogP contribution in [-0.4, -0.2) is 0 Å². The fraction of sp³-hybridized carbons (Fsp3) is 0.625. The number of aromatic nitrogens is 1. The van der Waals surface area contributed by atoms with Gasteiger partial charge < -0.3 is 12.4 Å². The summed E-state index contributed by atoms with van der Waals surface area (Å²) in [6.07, 6.45) is 21.7. The van der Waals surface area contributed by atoms with E-state index in [9.17, 15) is 0 Å². The number of unbranched alkanes of at least 4 members (excludes halogenated alkanes) is 12. The molecule has 1 aromatic heterocycles. The number of fused-ring (bicyclic) bond motifs is 1. The molecule has 0 spiro atoms. The molecule has 0 aliphatic rings. The van der Waals surface area contributed by atoms with E-state index in [-0.39, 0.29) is 12.4 Å². The van der Waals surface area contributed by atoms with Crippen molar-refractivity contribution >= 4 is 10.8 Å². The zero-order valence-corrected chi connectivity index (χ0v) is 17.5. The maximum atomic E-state index is 3.45. The van der Waals surface area contributed by atoms with E-state index in [0.717, 1.165) is 0 Å². The SMILES string of the molecule is CCCCCCCCCCCCCCCc1[nH+]ccc2ccccc12.[Cl-]. The summed E-state index contributed by atoms with van der Waals surface area (Å²) in [5.74, 6) is 0. The Morgan fingerprint density at radius 2 is 1.19 bits per heavy atom. The maximum Gasteiger partial charge on any atom is 0.187 e. The molecule has 0 saturated carbocycles. The fourth-order valence-electron chi connectivity index (χ4n) is 3.75. The van der Waals surface area contributed by atoms with Gasteiger partial charge in [0.05, 0.1) is 0 Å². The van der Waals surface area contributed by atoms with E-state index in [1.165, 1.54) is 106 Å². The molecule has 0 amide bonds. The van der Waals surface area contributed by atoms with Crippen molar-refractivity contribution in [2.75, 3.05) is 0 Å². The molecule has 1 heterocycles. The summed E-state index contributed by atoms with van der Waals surface area (Å²) in [4.78, 5) is 3.45. The molecule has 2 heteroatoms. The van der Waals surface area contributed by atoms with Crippen LogP contribution in [0.2, 0.25) is 0 Å². The van der Waals surface area contributed by atoms with Crippen molar-refractivity contribution < 1.29 is 17.4 Å². The lowest BCUT2D eigenvalue weighted by atomic mass is 10.0. The van der Waals surface area contributed by atoms with Crippen molar-refractivity contribution in [2.45, 2.75) is 96.8 Å². The third-order valence-electron chi connectivity index (χ3n) is 5.34. The summed E-state index contributed by atoms with van der Waals surface area (Å²) < 4.78 is 0. The first-order valence-electron chi connectivity index (χ1n) is 10.8. The van der Waals surface area contributed by atoms with Crippen LogP contribution in [-0.2, 0) is 6.42 Å². The Hall–Kier alpha value is -1.08. The molecule has 0 atom stereocenters. The highest BCUT2D eigenvalue weighted by molar-refractivity contribution is 5.83. The van der Waals surface area contributed by atoms with E-state index >= 15 is 0 Å². The van der Waals surface area contributed by atoms with Crippen LogP contribution >= 0.6 is 0 Å². The maximum absolute atomic E-state index is 3.45. The molecular formula is C24H38ClN. The number of aromatic amines is 1. The number of halogens is 1. The average molecular weight is 376 g/mol. The minimum Gasteiger partial charge on any atom is -1.00 e. The summed E-state index contributed by atoms with van der Waals surface area (Å²) in [7, 11) is 0. The molecule has 0 aliphatic carbocycles. The molecule has 2 rings (SSSR count). The highest BCUT2D eigenvalue weighted by Gasteiger charge is 2.06. The predicted octanol–water partition coefficient (Wildman–Crippen LogP) is 4.29. The molecule has 0 bridgehead atoms. The van der Waals surface area contributed by atoms with Crippen molar-refractivity contribution in [1.82, 2.24) is 0 Å². The van der Waals surface area contributed by atoms with Gasteiger partial charge in [-0.3, -0.25) is 0 Å². The van der Waals surface area contributed by atoms with Crippen LogP contribution in [0.1, 0.15) is 96.1 Å². The first-order valence-corrected chi connectivity index (χ1v) is 10.8. The van der Waals surface area contributed by atoms with Crippen molar-refractivity contribution in [3.63, 3.8) is 0 Å². The van der Waals surface area contributed by atoms with Gasteiger partial charge in [0.15, 0.2) is 11.9 Å². The van der Waals surface area contributed by atoms with Gasteiger partial charge in [-0.15, -0.1) is 0 Å². The number of aryl methyl sites for hydroxylation is 1. The summed E-state index contributed by atoms with van der Waals surface area (Å²) in [6, 6.07) is 10.9. The first kappa shape index (κ1) is 23.0. The highest BCUT2D eigenvalue weighted by Crippen LogP contribution is 2.17. The largest absolute Gasteiger partial charge is 1.00 e. The van der Waals surface area contributed by atoms with Crippen molar-refractivity contribution in [1.29, 1.82) is 0 Å². The Bertz CT molecular complexity index is 576. The summed E-state index contributed by atoms with van der Waals surface area (Å²) >= 11 is 0. The summed E-state index contributed by atoms with van der Waals surface area (Å²) in [5, 5.41) is 2.75. The molecule has 0 saturated heterocycles. The standard InChI is InChI=1S/C24H37N.ClH/c1-2-3-4-5-6-7-8-9-10-11-12-13-14-19-24-23-18-16-15-17-22(23)20-21-25-24;/h15-18,20-21H,2-14,19H2,1H3;1H. The highest BCUT2D eigenvalue weighted by atomic mass is 35.5. The van der Waals surface area contributed by atoms with Crippen molar-refractivity contribution in [2.24, 2.45) is 0 Å². The lowest BCUT2D eigenvalue weighted by molar-refractivity contribution is -0.388. The van der Waals surface area contributed by atoms with Crippen LogP contribution < -0.4 is 17.4 Å². The zero-order valence-electron chi connectivity index (χ0n) is 16.7. The van der Waals surface area contributed by atoms with E-state index in [1.807, 2.05) is 0 Å². The van der Waals surface area contributed by atoms with Crippen LogP contribution in [0, 0.1) is 0 Å². The van der Waals surface area contributed by atoms with Gasteiger partial charge in [0.2, 0.25) is 0 Å². The third-order valence-corrected chi connectivity index (χ3v) is 5.34. The predicted molar refractivity (Wildman–Crippen MR) is 110 cm³/mol. The Labute approximate surface area is 167 Å². The molecule has 2 aromatic rings. The quantitative estimate of drug-likeness (QED) is 0.437. The summed E-state index contributed by atoms with van der Waals surface area (Å²) in [5.41, 5.74) is 1.40. The summed E-state index contributed by atoms with van der Waals surface area (Å²) in [6.45, 7) is 2.29. The number of hydrogen-bond donors (Lipinski definition) is 0. The third kappa shape index (κ3) is 9.03. The van der Waals surface area contributed by atoms with Crippen LogP contribution in [0.15, 0.2) is 36.5 Å². The van der Waals surface area contributed by atoms with Crippen LogP contribution in [0.4, 0.5) is 0 Å². The van der Waals surface area contributed by atoms with E-state index in [0.29, 0.717) is 0 Å². The second-order valence-electron chi connectivity index (χ2n) is 7.54. The van der Waals surface area contributed by atoms with E-state index in [2.05, 4.69) is 48.4 Å². The van der Waals surface area contributed by atoms with Gasteiger partial charge in [-0.25, -0.2) is 4.98 Å². The fourth-order valence-corrected chi connectivity index (χ4v) is 3.75. The minimum absolute atomic E-state index is 0. The molecule has 1 nitrogen and oxygen atoms in total. The number of nitrogens with one attached hydrogen (secondary N) is 1. The minimum atomic E-state index is 0. The molecule has 1 N–H and O–H groups in total. The Kier molecular flexibility index (Phi) is 13.3. The molecule has 0 fully saturated rings. The van der Waals surface area contributed by atoms with Crippen molar-refractivity contribution in [3.05, 3.63) is 42.2 Å². The van der Waals surface area contributed by atoms with Gasteiger partial charge in [-0.1, -0.05) is 102 Å². The van der Waals surface area contributed by atoms with Crippen LogP contribution in [0.25, 0.3) is 10.8 Å². The molecule has 26 heavy (non-hydrogen) atoms. The Morgan fingerprint density at radius 1 is 0.654 bits per heavy atom. The van der Waals surface area contributed by atoms with Gasteiger partial charge in [0.1, 0.15) is 0 Å². The van der Waals surface area contributed by atoms with Gasteiger partial charge in [0.25, 0.3) is 0 Å². The monoisotopic (exact) mass is 375 g/mol.